The van der Waals surface area contributed by atoms with Gasteiger partial charge in [-0.3, -0.25) is 4.72 Å². The van der Waals surface area contributed by atoms with Crippen LogP contribution in [0.25, 0.3) is 0 Å². The lowest BCUT2D eigenvalue weighted by Crippen LogP contribution is -2.35. The molecule has 1 aromatic rings. The molecule has 1 aliphatic rings. The standard InChI is InChI=1S/C12H16BrFN2O2S/c13-11-4-3-10(6-12(11)14)16-19(17,18)8-9-2-1-5-15-7-9/h3-4,6,9,15-16H,1-2,5,7-8H2. The molecule has 1 heterocycles. The van der Waals surface area contributed by atoms with Crippen molar-refractivity contribution in [2.45, 2.75) is 12.8 Å². The van der Waals surface area contributed by atoms with E-state index in [0.29, 0.717) is 4.47 Å². The van der Waals surface area contributed by atoms with Crippen molar-refractivity contribution < 1.29 is 12.8 Å². The Balaban J connectivity index is 2.01. The lowest BCUT2D eigenvalue weighted by atomic mass is 10.0. The number of nitrogens with one attached hydrogen (secondary N) is 2. The second kappa shape index (κ2) is 6.19. The smallest absolute Gasteiger partial charge is 0.233 e. The Kier molecular flexibility index (Phi) is 4.81. The summed E-state index contributed by atoms with van der Waals surface area (Å²) in [6, 6.07) is 4.18. The summed E-state index contributed by atoms with van der Waals surface area (Å²) in [5.74, 6) is -0.302. The van der Waals surface area contributed by atoms with Crippen molar-refractivity contribution in [3.8, 4) is 0 Å². The van der Waals surface area contributed by atoms with E-state index >= 15 is 0 Å². The van der Waals surface area contributed by atoms with Gasteiger partial charge in [-0.25, -0.2) is 12.8 Å². The summed E-state index contributed by atoms with van der Waals surface area (Å²) in [6.45, 7) is 1.66. The van der Waals surface area contributed by atoms with Crippen LogP contribution in [0.1, 0.15) is 12.8 Å². The Morgan fingerprint density at radius 1 is 1.47 bits per heavy atom. The Labute approximate surface area is 121 Å². The molecular formula is C12H16BrFN2O2S. The fourth-order valence-corrected chi connectivity index (χ4v) is 3.88. The molecule has 0 amide bonds. The lowest BCUT2D eigenvalue weighted by Gasteiger charge is -2.22. The normalized spacial score (nSPS) is 20.2. The molecule has 1 unspecified atom stereocenters. The van der Waals surface area contributed by atoms with E-state index in [1.807, 2.05) is 0 Å². The van der Waals surface area contributed by atoms with Crippen molar-refractivity contribution in [1.82, 2.24) is 5.32 Å². The van der Waals surface area contributed by atoms with Crippen LogP contribution in [0.5, 0.6) is 0 Å². The minimum absolute atomic E-state index is 0.0671. The van der Waals surface area contributed by atoms with Gasteiger partial charge in [-0.15, -0.1) is 0 Å². The average molecular weight is 351 g/mol. The molecule has 1 atom stereocenters. The minimum Gasteiger partial charge on any atom is -0.316 e. The highest BCUT2D eigenvalue weighted by atomic mass is 79.9. The maximum absolute atomic E-state index is 13.3. The molecule has 0 bridgehead atoms. The molecule has 7 heteroatoms. The number of sulfonamides is 1. The summed E-state index contributed by atoms with van der Waals surface area (Å²) in [4.78, 5) is 0. The van der Waals surface area contributed by atoms with Crippen LogP contribution < -0.4 is 10.0 Å². The first kappa shape index (κ1) is 14.7. The van der Waals surface area contributed by atoms with E-state index in [-0.39, 0.29) is 17.4 Å². The van der Waals surface area contributed by atoms with Gasteiger partial charge in [0.2, 0.25) is 10.0 Å². The van der Waals surface area contributed by atoms with Crippen LogP contribution >= 0.6 is 15.9 Å². The Hall–Kier alpha value is -0.660. The Morgan fingerprint density at radius 2 is 2.26 bits per heavy atom. The third-order valence-electron chi connectivity index (χ3n) is 3.05. The summed E-state index contributed by atoms with van der Waals surface area (Å²) >= 11 is 3.03. The van der Waals surface area contributed by atoms with Gasteiger partial charge in [0.1, 0.15) is 5.82 Å². The van der Waals surface area contributed by atoms with Crippen molar-refractivity contribution in [2.24, 2.45) is 5.92 Å². The SMILES string of the molecule is O=S(=O)(CC1CCCNC1)Nc1ccc(Br)c(F)c1. The van der Waals surface area contributed by atoms with Crippen LogP contribution in [-0.2, 0) is 10.0 Å². The van der Waals surface area contributed by atoms with E-state index in [9.17, 15) is 12.8 Å². The molecule has 0 aromatic heterocycles. The van der Waals surface area contributed by atoms with Gasteiger partial charge in [0.15, 0.2) is 0 Å². The lowest BCUT2D eigenvalue weighted by molar-refractivity contribution is 0.404. The van der Waals surface area contributed by atoms with Gasteiger partial charge in [-0.05, 0) is 66.0 Å². The number of anilines is 1. The van der Waals surface area contributed by atoms with E-state index in [1.54, 1.807) is 0 Å². The first-order chi connectivity index (χ1) is 8.96. The van der Waals surface area contributed by atoms with E-state index in [0.717, 1.165) is 25.9 Å². The molecule has 0 spiro atoms. The maximum Gasteiger partial charge on any atom is 0.233 e. The molecule has 1 aromatic carbocycles. The summed E-state index contributed by atoms with van der Waals surface area (Å²) in [5.41, 5.74) is 0.254. The third-order valence-corrected chi connectivity index (χ3v) is 5.15. The number of halogens is 2. The molecule has 2 rings (SSSR count). The average Bonchev–Trinajstić information content (AvgIpc) is 2.34. The third kappa shape index (κ3) is 4.43. The number of hydrogen-bond acceptors (Lipinski definition) is 3. The topological polar surface area (TPSA) is 58.2 Å². The van der Waals surface area contributed by atoms with Crippen LogP contribution in [0.3, 0.4) is 0 Å². The quantitative estimate of drug-likeness (QED) is 0.876. The number of rotatable bonds is 4. The summed E-state index contributed by atoms with van der Waals surface area (Å²) in [6.07, 6.45) is 1.90. The zero-order chi connectivity index (χ0) is 13.9. The highest BCUT2D eigenvalue weighted by molar-refractivity contribution is 9.10. The molecule has 1 saturated heterocycles. The summed E-state index contributed by atoms with van der Waals surface area (Å²) < 4.78 is 40.0. The van der Waals surface area contributed by atoms with Crippen LogP contribution in [0.15, 0.2) is 22.7 Å². The van der Waals surface area contributed by atoms with Gasteiger partial charge in [0.05, 0.1) is 15.9 Å². The van der Waals surface area contributed by atoms with Gasteiger partial charge in [0, 0.05) is 0 Å². The molecule has 2 N–H and O–H groups in total. The number of benzene rings is 1. The van der Waals surface area contributed by atoms with Crippen LogP contribution in [0, 0.1) is 11.7 Å². The maximum atomic E-state index is 13.3. The van der Waals surface area contributed by atoms with Crippen LogP contribution in [0.4, 0.5) is 10.1 Å². The highest BCUT2D eigenvalue weighted by Gasteiger charge is 2.21. The molecule has 0 saturated carbocycles. The Bertz CT molecular complexity index is 545. The van der Waals surface area contributed by atoms with Gasteiger partial charge < -0.3 is 5.32 Å². The predicted molar refractivity (Wildman–Crippen MR) is 77.1 cm³/mol. The molecule has 0 radical (unpaired) electrons. The van der Waals surface area contributed by atoms with Crippen molar-refractivity contribution in [1.29, 1.82) is 0 Å². The van der Waals surface area contributed by atoms with Crippen LogP contribution in [-0.4, -0.2) is 27.3 Å². The summed E-state index contributed by atoms with van der Waals surface area (Å²) in [5, 5.41) is 3.18. The largest absolute Gasteiger partial charge is 0.316 e. The van der Waals surface area contributed by atoms with Crippen molar-refractivity contribution >= 4 is 31.6 Å². The zero-order valence-corrected chi connectivity index (χ0v) is 12.7. The van der Waals surface area contributed by atoms with Crippen molar-refractivity contribution in [3.05, 3.63) is 28.5 Å². The molecule has 19 heavy (non-hydrogen) atoms. The number of piperidine rings is 1. The van der Waals surface area contributed by atoms with E-state index < -0.39 is 15.8 Å². The van der Waals surface area contributed by atoms with Gasteiger partial charge in [-0.2, -0.15) is 0 Å². The predicted octanol–water partition coefficient (Wildman–Crippen LogP) is 2.33. The molecular weight excluding hydrogens is 335 g/mol. The Morgan fingerprint density at radius 3 is 2.89 bits per heavy atom. The minimum atomic E-state index is -3.44. The molecule has 0 aliphatic carbocycles. The first-order valence-electron chi connectivity index (χ1n) is 6.12. The first-order valence-corrected chi connectivity index (χ1v) is 8.57. The second-order valence-corrected chi connectivity index (χ2v) is 7.35. The van der Waals surface area contributed by atoms with Gasteiger partial charge >= 0.3 is 0 Å². The van der Waals surface area contributed by atoms with Crippen molar-refractivity contribution in [3.63, 3.8) is 0 Å². The highest BCUT2D eigenvalue weighted by Crippen LogP contribution is 2.21. The summed E-state index contributed by atoms with van der Waals surface area (Å²) in [7, 11) is -3.44. The molecule has 1 aliphatic heterocycles. The molecule has 4 nitrogen and oxygen atoms in total. The molecule has 106 valence electrons. The fourth-order valence-electron chi connectivity index (χ4n) is 2.16. The fraction of sp³-hybridized carbons (Fsp3) is 0.500. The van der Waals surface area contributed by atoms with Gasteiger partial charge in [0.25, 0.3) is 0 Å². The van der Waals surface area contributed by atoms with Gasteiger partial charge in [-0.1, -0.05) is 0 Å². The zero-order valence-electron chi connectivity index (χ0n) is 10.3. The molecule has 1 fully saturated rings. The van der Waals surface area contributed by atoms with Crippen LogP contribution in [0.2, 0.25) is 0 Å². The van der Waals surface area contributed by atoms with E-state index in [2.05, 4.69) is 26.0 Å². The van der Waals surface area contributed by atoms with Crippen molar-refractivity contribution in [2.75, 3.05) is 23.6 Å². The van der Waals surface area contributed by atoms with E-state index in [4.69, 9.17) is 0 Å². The monoisotopic (exact) mass is 350 g/mol. The van der Waals surface area contributed by atoms with E-state index in [1.165, 1.54) is 18.2 Å². The number of hydrogen-bond donors (Lipinski definition) is 2. The second-order valence-electron chi connectivity index (χ2n) is 4.72.